The van der Waals surface area contributed by atoms with Crippen LogP contribution in [0.2, 0.25) is 0 Å². The van der Waals surface area contributed by atoms with E-state index in [-0.39, 0.29) is 5.91 Å². The van der Waals surface area contributed by atoms with E-state index in [0.717, 1.165) is 37.8 Å². The SMILES string of the molecule is Cn1ccc(CNC(=O)C2(C(N)=S)CCCCC2)n1. The summed E-state index contributed by atoms with van der Waals surface area (Å²) in [5.41, 5.74) is 6.01. The van der Waals surface area contributed by atoms with Crippen molar-refractivity contribution in [3.8, 4) is 0 Å². The first-order chi connectivity index (χ1) is 9.04. The monoisotopic (exact) mass is 280 g/mol. The number of carbonyl (C=O) groups is 1. The van der Waals surface area contributed by atoms with E-state index >= 15 is 0 Å². The van der Waals surface area contributed by atoms with Crippen molar-refractivity contribution < 1.29 is 4.79 Å². The molecule has 1 aromatic rings. The Morgan fingerprint density at radius 2 is 2.21 bits per heavy atom. The first-order valence-electron chi connectivity index (χ1n) is 6.61. The molecular formula is C13H20N4OS. The van der Waals surface area contributed by atoms with E-state index in [2.05, 4.69) is 10.4 Å². The van der Waals surface area contributed by atoms with Gasteiger partial charge in [0.05, 0.1) is 22.6 Å². The number of hydrogen-bond donors (Lipinski definition) is 2. The van der Waals surface area contributed by atoms with Crippen LogP contribution in [-0.4, -0.2) is 20.7 Å². The number of nitrogens with two attached hydrogens (primary N) is 1. The Kier molecular flexibility index (Phi) is 4.19. The summed E-state index contributed by atoms with van der Waals surface area (Å²) in [6.07, 6.45) is 6.54. The van der Waals surface area contributed by atoms with E-state index in [9.17, 15) is 4.79 Å². The zero-order valence-corrected chi connectivity index (χ0v) is 12.0. The van der Waals surface area contributed by atoms with Crippen LogP contribution in [0.3, 0.4) is 0 Å². The number of nitrogens with zero attached hydrogens (tertiary/aromatic N) is 2. The molecule has 1 aliphatic rings. The summed E-state index contributed by atoms with van der Waals surface area (Å²) in [7, 11) is 1.85. The van der Waals surface area contributed by atoms with Gasteiger partial charge in [0.2, 0.25) is 5.91 Å². The van der Waals surface area contributed by atoms with Gasteiger partial charge in [-0.2, -0.15) is 5.10 Å². The molecule has 1 saturated carbocycles. The standard InChI is InChI=1S/C13H20N4OS/c1-17-8-5-10(16-17)9-15-12(18)13(11(14)19)6-3-2-4-7-13/h5,8H,2-4,6-7,9H2,1H3,(H2,14,19)(H,15,18). The number of nitrogens with one attached hydrogen (secondary N) is 1. The molecule has 1 heterocycles. The van der Waals surface area contributed by atoms with Crippen LogP contribution in [0.5, 0.6) is 0 Å². The highest BCUT2D eigenvalue weighted by atomic mass is 32.1. The maximum Gasteiger partial charge on any atom is 0.233 e. The van der Waals surface area contributed by atoms with Crippen LogP contribution >= 0.6 is 12.2 Å². The molecule has 6 heteroatoms. The van der Waals surface area contributed by atoms with Crippen molar-refractivity contribution in [1.82, 2.24) is 15.1 Å². The highest BCUT2D eigenvalue weighted by Gasteiger charge is 2.42. The highest BCUT2D eigenvalue weighted by molar-refractivity contribution is 7.80. The Hall–Kier alpha value is -1.43. The number of amides is 1. The van der Waals surface area contributed by atoms with E-state index in [1.807, 2.05) is 19.3 Å². The van der Waals surface area contributed by atoms with Gasteiger partial charge in [0.15, 0.2) is 0 Å². The lowest BCUT2D eigenvalue weighted by molar-refractivity contribution is -0.129. The van der Waals surface area contributed by atoms with Gasteiger partial charge in [-0.1, -0.05) is 31.5 Å². The van der Waals surface area contributed by atoms with Gasteiger partial charge in [0.25, 0.3) is 0 Å². The molecule has 1 aromatic heterocycles. The van der Waals surface area contributed by atoms with Crippen molar-refractivity contribution in [2.45, 2.75) is 38.6 Å². The fraction of sp³-hybridized carbons (Fsp3) is 0.615. The molecular weight excluding hydrogens is 260 g/mol. The zero-order chi connectivity index (χ0) is 13.9. The molecule has 1 fully saturated rings. The Labute approximate surface area is 118 Å². The number of rotatable bonds is 4. The molecule has 104 valence electrons. The van der Waals surface area contributed by atoms with Gasteiger partial charge in [-0.25, -0.2) is 0 Å². The lowest BCUT2D eigenvalue weighted by atomic mass is 9.73. The van der Waals surface area contributed by atoms with Crippen molar-refractivity contribution in [1.29, 1.82) is 0 Å². The summed E-state index contributed by atoms with van der Waals surface area (Å²) >= 11 is 5.14. The molecule has 0 unspecified atom stereocenters. The van der Waals surface area contributed by atoms with Gasteiger partial charge in [-0.15, -0.1) is 0 Å². The lowest BCUT2D eigenvalue weighted by Gasteiger charge is -2.34. The fourth-order valence-electron chi connectivity index (χ4n) is 2.64. The summed E-state index contributed by atoms with van der Waals surface area (Å²) in [4.78, 5) is 12.8. The Morgan fingerprint density at radius 3 is 2.74 bits per heavy atom. The Bertz CT molecular complexity index is 477. The molecule has 0 saturated heterocycles. The van der Waals surface area contributed by atoms with Gasteiger partial charge < -0.3 is 11.1 Å². The third-order valence-electron chi connectivity index (χ3n) is 3.81. The van der Waals surface area contributed by atoms with Crippen molar-refractivity contribution in [2.24, 2.45) is 18.2 Å². The molecule has 2 rings (SSSR count). The molecule has 0 aliphatic heterocycles. The van der Waals surface area contributed by atoms with E-state index < -0.39 is 5.41 Å². The predicted octanol–water partition coefficient (Wildman–Crippen LogP) is 1.27. The average molecular weight is 280 g/mol. The topological polar surface area (TPSA) is 72.9 Å². The van der Waals surface area contributed by atoms with Crippen molar-refractivity contribution >= 4 is 23.1 Å². The molecule has 0 atom stereocenters. The number of aromatic nitrogens is 2. The van der Waals surface area contributed by atoms with Gasteiger partial charge in [-0.3, -0.25) is 9.48 Å². The lowest BCUT2D eigenvalue weighted by Crippen LogP contribution is -2.49. The Morgan fingerprint density at radius 1 is 1.53 bits per heavy atom. The highest BCUT2D eigenvalue weighted by Crippen LogP contribution is 2.36. The van der Waals surface area contributed by atoms with Crippen LogP contribution in [0, 0.1) is 5.41 Å². The van der Waals surface area contributed by atoms with Gasteiger partial charge in [0.1, 0.15) is 0 Å². The van der Waals surface area contributed by atoms with E-state index in [1.54, 1.807) is 4.68 Å². The summed E-state index contributed by atoms with van der Waals surface area (Å²) in [6, 6.07) is 1.88. The molecule has 1 aliphatic carbocycles. The molecule has 0 aromatic carbocycles. The maximum atomic E-state index is 12.4. The van der Waals surface area contributed by atoms with Crippen molar-refractivity contribution in [3.63, 3.8) is 0 Å². The maximum absolute atomic E-state index is 12.4. The van der Waals surface area contributed by atoms with Gasteiger partial charge in [-0.05, 0) is 18.9 Å². The second-order valence-corrected chi connectivity index (χ2v) is 5.61. The normalized spacial score (nSPS) is 17.9. The Balaban J connectivity index is 2.02. The molecule has 19 heavy (non-hydrogen) atoms. The molecule has 1 amide bonds. The zero-order valence-electron chi connectivity index (χ0n) is 11.2. The van der Waals surface area contributed by atoms with E-state index in [0.29, 0.717) is 11.5 Å². The van der Waals surface area contributed by atoms with Gasteiger partial charge >= 0.3 is 0 Å². The number of aryl methyl sites for hydroxylation is 1. The van der Waals surface area contributed by atoms with Crippen LogP contribution in [0.4, 0.5) is 0 Å². The molecule has 0 spiro atoms. The van der Waals surface area contributed by atoms with Crippen molar-refractivity contribution in [3.05, 3.63) is 18.0 Å². The summed E-state index contributed by atoms with van der Waals surface area (Å²) in [6.45, 7) is 0.421. The van der Waals surface area contributed by atoms with Crippen molar-refractivity contribution in [2.75, 3.05) is 0 Å². The molecule has 0 bridgehead atoms. The van der Waals surface area contributed by atoms with E-state index in [4.69, 9.17) is 18.0 Å². The van der Waals surface area contributed by atoms with E-state index in [1.165, 1.54) is 0 Å². The predicted molar refractivity (Wildman–Crippen MR) is 77.4 cm³/mol. The number of carbonyl (C=O) groups excluding carboxylic acids is 1. The summed E-state index contributed by atoms with van der Waals surface area (Å²) < 4.78 is 1.71. The first-order valence-corrected chi connectivity index (χ1v) is 7.02. The van der Waals surface area contributed by atoms with Crippen LogP contribution in [0.1, 0.15) is 37.8 Å². The second-order valence-electron chi connectivity index (χ2n) is 5.17. The summed E-state index contributed by atoms with van der Waals surface area (Å²) in [5, 5.41) is 7.16. The van der Waals surface area contributed by atoms with Gasteiger partial charge in [0, 0.05) is 13.2 Å². The first kappa shape index (κ1) is 14.0. The number of hydrogen-bond acceptors (Lipinski definition) is 3. The smallest absolute Gasteiger partial charge is 0.233 e. The van der Waals surface area contributed by atoms with Crippen LogP contribution in [0.15, 0.2) is 12.3 Å². The van der Waals surface area contributed by atoms with Crippen LogP contribution in [0.25, 0.3) is 0 Å². The quantitative estimate of drug-likeness (QED) is 0.815. The van der Waals surface area contributed by atoms with Crippen LogP contribution in [-0.2, 0) is 18.4 Å². The largest absolute Gasteiger partial charge is 0.392 e. The third kappa shape index (κ3) is 2.94. The van der Waals surface area contributed by atoms with Crippen LogP contribution < -0.4 is 11.1 Å². The molecule has 0 radical (unpaired) electrons. The minimum atomic E-state index is -0.650. The third-order valence-corrected chi connectivity index (χ3v) is 4.20. The minimum absolute atomic E-state index is 0.0506. The summed E-state index contributed by atoms with van der Waals surface area (Å²) in [5.74, 6) is -0.0506. The number of thiocarbonyl (C=S) groups is 1. The fourth-order valence-corrected chi connectivity index (χ4v) is 2.94. The average Bonchev–Trinajstić information content (AvgIpc) is 2.82. The minimum Gasteiger partial charge on any atom is -0.392 e. The molecule has 5 nitrogen and oxygen atoms in total. The molecule has 3 N–H and O–H groups in total. The second kappa shape index (κ2) is 5.69.